The van der Waals surface area contributed by atoms with Crippen LogP contribution in [0.5, 0.6) is 0 Å². The molecule has 72 valence electrons. The Morgan fingerprint density at radius 3 is 2.77 bits per heavy atom. The largest absolute Gasteiger partial charge is 0.310 e. The summed E-state index contributed by atoms with van der Waals surface area (Å²) in [4.78, 5) is 12.3. The SMILES string of the molecule is CNC(Cc1ccc(Br)s1)C(C)=O. The maximum absolute atomic E-state index is 11.1. The van der Waals surface area contributed by atoms with E-state index in [1.54, 1.807) is 18.3 Å². The molecule has 1 N–H and O–H groups in total. The summed E-state index contributed by atoms with van der Waals surface area (Å²) in [6.07, 6.45) is 0.780. The highest BCUT2D eigenvalue weighted by Crippen LogP contribution is 2.23. The Morgan fingerprint density at radius 1 is 1.69 bits per heavy atom. The highest BCUT2D eigenvalue weighted by atomic mass is 79.9. The summed E-state index contributed by atoms with van der Waals surface area (Å²) < 4.78 is 1.11. The van der Waals surface area contributed by atoms with Gasteiger partial charge in [0.1, 0.15) is 5.78 Å². The van der Waals surface area contributed by atoms with Crippen LogP contribution in [0.15, 0.2) is 15.9 Å². The monoisotopic (exact) mass is 261 g/mol. The van der Waals surface area contributed by atoms with Crippen LogP contribution in [0.1, 0.15) is 11.8 Å². The maximum Gasteiger partial charge on any atom is 0.147 e. The van der Waals surface area contributed by atoms with Crippen LogP contribution < -0.4 is 5.32 Å². The van der Waals surface area contributed by atoms with Crippen LogP contribution in [0.4, 0.5) is 0 Å². The number of likely N-dealkylation sites (N-methyl/N-ethyl adjacent to an activating group) is 1. The molecule has 0 amide bonds. The molecule has 0 fully saturated rings. The van der Waals surface area contributed by atoms with E-state index in [0.717, 1.165) is 10.2 Å². The summed E-state index contributed by atoms with van der Waals surface area (Å²) in [7, 11) is 1.81. The second-order valence-electron chi connectivity index (χ2n) is 2.86. The van der Waals surface area contributed by atoms with E-state index in [-0.39, 0.29) is 11.8 Å². The standard InChI is InChI=1S/C9H12BrNOS/c1-6(12)8(11-2)5-7-3-4-9(10)13-7/h3-4,8,11H,5H2,1-2H3. The minimum Gasteiger partial charge on any atom is -0.310 e. The number of carbonyl (C=O) groups is 1. The van der Waals surface area contributed by atoms with Crippen molar-refractivity contribution in [1.82, 2.24) is 5.32 Å². The second-order valence-corrected chi connectivity index (χ2v) is 5.41. The van der Waals surface area contributed by atoms with E-state index in [1.165, 1.54) is 4.88 Å². The van der Waals surface area contributed by atoms with Crippen LogP contribution in [0, 0.1) is 0 Å². The molecule has 0 saturated heterocycles. The van der Waals surface area contributed by atoms with Crippen LogP contribution in [0.3, 0.4) is 0 Å². The quantitative estimate of drug-likeness (QED) is 0.901. The van der Waals surface area contributed by atoms with Crippen LogP contribution in [0.2, 0.25) is 0 Å². The number of halogens is 1. The van der Waals surface area contributed by atoms with Gasteiger partial charge in [0.15, 0.2) is 0 Å². The summed E-state index contributed by atoms with van der Waals surface area (Å²) in [6.45, 7) is 1.61. The normalized spacial score (nSPS) is 12.8. The summed E-state index contributed by atoms with van der Waals surface area (Å²) in [5.41, 5.74) is 0. The zero-order valence-electron chi connectivity index (χ0n) is 7.63. The molecular formula is C9H12BrNOS. The molecule has 1 aromatic heterocycles. The van der Waals surface area contributed by atoms with Crippen molar-refractivity contribution in [3.8, 4) is 0 Å². The number of hydrogen-bond donors (Lipinski definition) is 1. The van der Waals surface area contributed by atoms with Gasteiger partial charge >= 0.3 is 0 Å². The Balaban J connectivity index is 2.61. The molecule has 0 radical (unpaired) electrons. The van der Waals surface area contributed by atoms with Crippen molar-refractivity contribution in [2.75, 3.05) is 7.05 Å². The smallest absolute Gasteiger partial charge is 0.147 e. The molecule has 1 rings (SSSR count). The molecule has 13 heavy (non-hydrogen) atoms. The fourth-order valence-electron chi connectivity index (χ4n) is 1.11. The lowest BCUT2D eigenvalue weighted by Gasteiger charge is -2.10. The maximum atomic E-state index is 11.1. The molecule has 0 aliphatic carbocycles. The van der Waals surface area contributed by atoms with Gasteiger partial charge in [0, 0.05) is 11.3 Å². The van der Waals surface area contributed by atoms with Gasteiger partial charge in [-0.05, 0) is 42.0 Å². The van der Waals surface area contributed by atoms with Gasteiger partial charge in [0.25, 0.3) is 0 Å². The van der Waals surface area contributed by atoms with Gasteiger partial charge in [-0.2, -0.15) is 0 Å². The van der Waals surface area contributed by atoms with Crippen molar-refractivity contribution in [3.05, 3.63) is 20.8 Å². The average Bonchev–Trinajstić information content (AvgIpc) is 2.46. The lowest BCUT2D eigenvalue weighted by atomic mass is 10.1. The van der Waals surface area contributed by atoms with E-state index >= 15 is 0 Å². The molecule has 4 heteroatoms. The first-order valence-corrected chi connectivity index (χ1v) is 5.66. The predicted molar refractivity (Wildman–Crippen MR) is 59.3 cm³/mol. The third-order valence-electron chi connectivity index (χ3n) is 1.87. The number of ketones is 1. The number of nitrogens with one attached hydrogen (secondary N) is 1. The third-order valence-corrected chi connectivity index (χ3v) is 3.52. The molecule has 1 atom stereocenters. The minimum atomic E-state index is -0.0504. The zero-order valence-corrected chi connectivity index (χ0v) is 10.0. The Kier molecular flexibility index (Phi) is 4.09. The van der Waals surface area contributed by atoms with E-state index in [1.807, 2.05) is 19.2 Å². The molecule has 0 aromatic carbocycles. The van der Waals surface area contributed by atoms with Gasteiger partial charge in [0.2, 0.25) is 0 Å². The van der Waals surface area contributed by atoms with E-state index in [2.05, 4.69) is 21.2 Å². The van der Waals surface area contributed by atoms with Gasteiger partial charge in [0.05, 0.1) is 9.83 Å². The fourth-order valence-corrected chi connectivity index (χ4v) is 2.64. The van der Waals surface area contributed by atoms with Crippen LogP contribution in [-0.4, -0.2) is 18.9 Å². The Labute approximate surface area is 90.5 Å². The van der Waals surface area contributed by atoms with Crippen molar-refractivity contribution in [3.63, 3.8) is 0 Å². The van der Waals surface area contributed by atoms with Crippen molar-refractivity contribution in [1.29, 1.82) is 0 Å². The summed E-state index contributed by atoms with van der Waals surface area (Å²) in [5, 5.41) is 3.00. The van der Waals surface area contributed by atoms with Gasteiger partial charge in [-0.3, -0.25) is 4.79 Å². The van der Waals surface area contributed by atoms with Gasteiger partial charge in [-0.1, -0.05) is 0 Å². The summed E-state index contributed by atoms with van der Waals surface area (Å²) in [6, 6.07) is 4.00. The predicted octanol–water partition coefficient (Wildman–Crippen LogP) is 2.23. The van der Waals surface area contributed by atoms with E-state index in [4.69, 9.17) is 0 Å². The van der Waals surface area contributed by atoms with Crippen molar-refractivity contribution in [2.45, 2.75) is 19.4 Å². The van der Waals surface area contributed by atoms with Crippen LogP contribution in [-0.2, 0) is 11.2 Å². The average molecular weight is 262 g/mol. The molecule has 0 aliphatic heterocycles. The van der Waals surface area contributed by atoms with Gasteiger partial charge in [-0.15, -0.1) is 11.3 Å². The molecule has 1 aromatic rings. The zero-order chi connectivity index (χ0) is 9.84. The van der Waals surface area contributed by atoms with E-state index in [0.29, 0.717) is 0 Å². The Hall–Kier alpha value is -0.190. The molecule has 0 saturated carbocycles. The number of carbonyl (C=O) groups excluding carboxylic acids is 1. The van der Waals surface area contributed by atoms with E-state index < -0.39 is 0 Å². The first-order chi connectivity index (χ1) is 6.13. The molecule has 0 spiro atoms. The fraction of sp³-hybridized carbons (Fsp3) is 0.444. The number of thiophene rings is 1. The molecule has 0 bridgehead atoms. The topological polar surface area (TPSA) is 29.1 Å². The molecular weight excluding hydrogens is 250 g/mol. The molecule has 0 aliphatic rings. The molecule has 1 heterocycles. The first-order valence-electron chi connectivity index (χ1n) is 4.05. The third kappa shape index (κ3) is 3.21. The Morgan fingerprint density at radius 2 is 2.38 bits per heavy atom. The first kappa shape index (κ1) is 10.9. The number of hydrogen-bond acceptors (Lipinski definition) is 3. The number of Topliss-reactive ketones (excluding diaryl/α,β-unsaturated/α-hetero) is 1. The second kappa shape index (κ2) is 4.88. The van der Waals surface area contributed by atoms with Crippen molar-refractivity contribution < 1.29 is 4.79 Å². The minimum absolute atomic E-state index is 0.0504. The molecule has 2 nitrogen and oxygen atoms in total. The lowest BCUT2D eigenvalue weighted by Crippen LogP contribution is -2.33. The summed E-state index contributed by atoms with van der Waals surface area (Å²) >= 11 is 5.07. The summed E-state index contributed by atoms with van der Waals surface area (Å²) in [5.74, 6) is 0.187. The Bertz CT molecular complexity index is 298. The van der Waals surface area contributed by atoms with Gasteiger partial charge in [-0.25, -0.2) is 0 Å². The van der Waals surface area contributed by atoms with Gasteiger partial charge < -0.3 is 5.32 Å². The lowest BCUT2D eigenvalue weighted by molar-refractivity contribution is -0.118. The number of rotatable bonds is 4. The van der Waals surface area contributed by atoms with E-state index in [9.17, 15) is 4.79 Å². The van der Waals surface area contributed by atoms with Crippen molar-refractivity contribution >= 4 is 33.0 Å². The highest BCUT2D eigenvalue weighted by Gasteiger charge is 2.12. The van der Waals surface area contributed by atoms with Crippen molar-refractivity contribution in [2.24, 2.45) is 0 Å². The van der Waals surface area contributed by atoms with Crippen LogP contribution in [0.25, 0.3) is 0 Å². The van der Waals surface area contributed by atoms with Crippen LogP contribution >= 0.6 is 27.3 Å². The highest BCUT2D eigenvalue weighted by molar-refractivity contribution is 9.11. The molecule has 1 unspecified atom stereocenters.